The van der Waals surface area contributed by atoms with E-state index in [0.29, 0.717) is 18.0 Å². The van der Waals surface area contributed by atoms with Crippen molar-refractivity contribution in [2.75, 3.05) is 12.7 Å². The SMILES string of the molecule is CC(Cc1ccc(OOP(=O)(O)CC(=O)O)cc1)NCC(O)c1cccc(Cl)c1. The number of carboxylic acids is 1. The highest BCUT2D eigenvalue weighted by Crippen LogP contribution is 2.41. The molecule has 2 aromatic carbocycles. The third-order valence-corrected chi connectivity index (χ3v) is 5.16. The predicted octanol–water partition coefficient (Wildman–Crippen LogP) is 3.17. The molecule has 4 N–H and O–H groups in total. The van der Waals surface area contributed by atoms with Gasteiger partial charge in [-0.25, -0.2) is 0 Å². The number of benzene rings is 2. The molecular formula is C19H23ClNO7P. The van der Waals surface area contributed by atoms with E-state index in [1.54, 1.807) is 42.5 Å². The Morgan fingerprint density at radius 3 is 2.55 bits per heavy atom. The lowest BCUT2D eigenvalue weighted by Crippen LogP contribution is -2.32. The molecule has 0 amide bonds. The maximum atomic E-state index is 11.4. The average Bonchev–Trinajstić information content (AvgIpc) is 2.64. The molecule has 0 saturated heterocycles. The molecule has 0 spiro atoms. The molecule has 10 heteroatoms. The summed E-state index contributed by atoms with van der Waals surface area (Å²) in [5.74, 6) is -1.29. The molecule has 0 aliphatic rings. The summed E-state index contributed by atoms with van der Waals surface area (Å²) in [6, 6.07) is 13.7. The minimum absolute atomic E-state index is 0.0695. The molecule has 0 aliphatic heterocycles. The quantitative estimate of drug-likeness (QED) is 0.237. The number of hydrogen-bond donors (Lipinski definition) is 4. The number of hydrogen-bond acceptors (Lipinski definition) is 6. The van der Waals surface area contributed by atoms with Crippen molar-refractivity contribution in [1.82, 2.24) is 5.32 Å². The van der Waals surface area contributed by atoms with Crippen LogP contribution >= 0.6 is 19.2 Å². The molecule has 0 saturated carbocycles. The van der Waals surface area contributed by atoms with Gasteiger partial charge in [-0.05, 0) is 48.7 Å². The van der Waals surface area contributed by atoms with E-state index < -0.39 is 25.8 Å². The van der Waals surface area contributed by atoms with E-state index in [4.69, 9.17) is 21.6 Å². The second-order valence-electron chi connectivity index (χ2n) is 6.58. The Morgan fingerprint density at radius 2 is 1.93 bits per heavy atom. The molecule has 0 radical (unpaired) electrons. The van der Waals surface area contributed by atoms with E-state index in [1.807, 2.05) is 13.0 Å². The van der Waals surface area contributed by atoms with Crippen LogP contribution in [0.15, 0.2) is 48.5 Å². The summed E-state index contributed by atoms with van der Waals surface area (Å²) in [5, 5.41) is 22.6. The first kappa shape index (κ1) is 23.3. The zero-order valence-electron chi connectivity index (χ0n) is 15.7. The van der Waals surface area contributed by atoms with E-state index in [-0.39, 0.29) is 11.8 Å². The van der Waals surface area contributed by atoms with Crippen molar-refractivity contribution >= 4 is 25.2 Å². The number of halogens is 1. The van der Waals surface area contributed by atoms with Crippen LogP contribution in [0, 0.1) is 0 Å². The largest absolute Gasteiger partial charge is 0.481 e. The Hall–Kier alpha value is -1.93. The molecule has 158 valence electrons. The summed E-state index contributed by atoms with van der Waals surface area (Å²) in [5.41, 5.74) is 1.70. The van der Waals surface area contributed by atoms with Crippen LogP contribution in [0.25, 0.3) is 0 Å². The number of carboxylic acid groups (broad SMARTS) is 1. The molecule has 0 bridgehead atoms. The van der Waals surface area contributed by atoms with Gasteiger partial charge in [-0.1, -0.05) is 40.5 Å². The van der Waals surface area contributed by atoms with Gasteiger partial charge in [0, 0.05) is 17.6 Å². The molecule has 3 atom stereocenters. The van der Waals surface area contributed by atoms with Gasteiger partial charge >= 0.3 is 13.6 Å². The fourth-order valence-corrected chi connectivity index (χ4v) is 3.35. The number of nitrogens with one attached hydrogen (secondary N) is 1. The molecular weight excluding hydrogens is 421 g/mol. The lowest BCUT2D eigenvalue weighted by atomic mass is 10.1. The summed E-state index contributed by atoms with van der Waals surface area (Å²) in [6.07, 6.45) is -1.06. The summed E-state index contributed by atoms with van der Waals surface area (Å²) in [4.78, 5) is 24.5. The lowest BCUT2D eigenvalue weighted by Gasteiger charge is -2.18. The topological polar surface area (TPSA) is 125 Å². The highest BCUT2D eigenvalue weighted by atomic mass is 35.5. The Morgan fingerprint density at radius 1 is 1.24 bits per heavy atom. The Balaban J connectivity index is 1.79. The predicted molar refractivity (Wildman–Crippen MR) is 108 cm³/mol. The van der Waals surface area contributed by atoms with Gasteiger partial charge in [0.1, 0.15) is 0 Å². The maximum absolute atomic E-state index is 11.4. The van der Waals surface area contributed by atoms with Gasteiger partial charge < -0.3 is 25.3 Å². The fraction of sp³-hybridized carbons (Fsp3) is 0.316. The van der Waals surface area contributed by atoms with Crippen molar-refractivity contribution in [2.24, 2.45) is 0 Å². The third-order valence-electron chi connectivity index (χ3n) is 3.94. The van der Waals surface area contributed by atoms with Crippen molar-refractivity contribution < 1.29 is 34.0 Å². The lowest BCUT2D eigenvalue weighted by molar-refractivity contribution is -0.136. The van der Waals surface area contributed by atoms with Gasteiger partial charge in [-0.15, -0.1) is 0 Å². The third kappa shape index (κ3) is 8.53. The first-order valence-corrected chi connectivity index (χ1v) is 10.9. The number of rotatable bonds is 11. The van der Waals surface area contributed by atoms with Crippen molar-refractivity contribution in [3.63, 3.8) is 0 Å². The van der Waals surface area contributed by atoms with Gasteiger partial charge in [0.05, 0.1) is 6.10 Å². The number of aliphatic hydroxyl groups is 1. The summed E-state index contributed by atoms with van der Waals surface area (Å²) in [7, 11) is -4.36. The van der Waals surface area contributed by atoms with E-state index >= 15 is 0 Å². The molecule has 0 heterocycles. The van der Waals surface area contributed by atoms with Crippen molar-refractivity contribution in [3.05, 3.63) is 64.7 Å². The summed E-state index contributed by atoms with van der Waals surface area (Å²) >= 11 is 5.93. The van der Waals surface area contributed by atoms with Crippen LogP contribution in [0.1, 0.15) is 24.2 Å². The number of aliphatic hydroxyl groups excluding tert-OH is 1. The van der Waals surface area contributed by atoms with Crippen molar-refractivity contribution in [1.29, 1.82) is 0 Å². The van der Waals surface area contributed by atoms with Crippen LogP contribution in [0.2, 0.25) is 5.02 Å². The first-order chi connectivity index (χ1) is 13.6. The van der Waals surface area contributed by atoms with Crippen LogP contribution in [-0.4, -0.2) is 39.8 Å². The summed E-state index contributed by atoms with van der Waals surface area (Å²) in [6.45, 7) is 2.35. The number of aliphatic carboxylic acids is 1. The summed E-state index contributed by atoms with van der Waals surface area (Å²) < 4.78 is 15.8. The molecule has 3 unspecified atom stereocenters. The van der Waals surface area contributed by atoms with Gasteiger partial charge in [0.25, 0.3) is 0 Å². The Kier molecular flexibility index (Phi) is 8.64. The second kappa shape index (κ2) is 10.7. The molecule has 2 rings (SSSR count). The van der Waals surface area contributed by atoms with Gasteiger partial charge in [0.15, 0.2) is 11.9 Å². The van der Waals surface area contributed by atoms with E-state index in [1.165, 1.54) is 0 Å². The van der Waals surface area contributed by atoms with Gasteiger partial charge in [0.2, 0.25) is 0 Å². The molecule has 0 aliphatic carbocycles. The first-order valence-electron chi connectivity index (χ1n) is 8.80. The van der Waals surface area contributed by atoms with Gasteiger partial charge in [-0.3, -0.25) is 9.36 Å². The van der Waals surface area contributed by atoms with E-state index in [0.717, 1.165) is 11.1 Å². The van der Waals surface area contributed by atoms with Gasteiger partial charge in [-0.2, -0.15) is 0 Å². The van der Waals surface area contributed by atoms with Crippen LogP contribution in [0.3, 0.4) is 0 Å². The zero-order chi connectivity index (χ0) is 21.4. The van der Waals surface area contributed by atoms with E-state index in [2.05, 4.69) is 9.99 Å². The molecule has 0 fully saturated rings. The second-order valence-corrected chi connectivity index (χ2v) is 8.75. The fourth-order valence-electron chi connectivity index (χ4n) is 2.55. The smallest absolute Gasteiger partial charge is 0.377 e. The average molecular weight is 444 g/mol. The van der Waals surface area contributed by atoms with Crippen LogP contribution < -0.4 is 10.2 Å². The molecule has 2 aromatic rings. The van der Waals surface area contributed by atoms with Crippen LogP contribution in [0.5, 0.6) is 5.75 Å². The molecule has 8 nitrogen and oxygen atoms in total. The number of carbonyl (C=O) groups is 1. The zero-order valence-corrected chi connectivity index (χ0v) is 17.3. The highest BCUT2D eigenvalue weighted by Gasteiger charge is 2.26. The minimum Gasteiger partial charge on any atom is -0.481 e. The molecule has 29 heavy (non-hydrogen) atoms. The van der Waals surface area contributed by atoms with E-state index in [9.17, 15) is 19.4 Å². The monoisotopic (exact) mass is 443 g/mol. The Labute approximate surface area is 173 Å². The van der Waals surface area contributed by atoms with Crippen molar-refractivity contribution in [2.45, 2.75) is 25.5 Å². The van der Waals surface area contributed by atoms with Crippen LogP contribution in [-0.2, 0) is 20.5 Å². The van der Waals surface area contributed by atoms with Crippen molar-refractivity contribution in [3.8, 4) is 5.75 Å². The Bertz CT molecular complexity index is 862. The van der Waals surface area contributed by atoms with Crippen LogP contribution in [0.4, 0.5) is 0 Å². The maximum Gasteiger partial charge on any atom is 0.377 e. The molecule has 0 aromatic heterocycles. The highest BCUT2D eigenvalue weighted by molar-refractivity contribution is 7.53. The minimum atomic E-state index is -4.36. The standard InChI is InChI=1S/C19H23ClNO7P/c1-13(21-11-18(22)15-3-2-4-16(20)10-15)9-14-5-7-17(8-6-14)27-28-29(25,26)12-19(23)24/h2-8,10,13,18,21-22H,9,11-12H2,1H3,(H,23,24)(H,25,26). The normalized spacial score (nSPS) is 15.3.